The zero-order chi connectivity index (χ0) is 13.2. The first kappa shape index (κ1) is 14.2. The van der Waals surface area contributed by atoms with Gasteiger partial charge < -0.3 is 10.0 Å². The normalized spacial score (nSPS) is 16.9. The van der Waals surface area contributed by atoms with Crippen molar-refractivity contribution < 1.29 is 5.11 Å². The average Bonchev–Trinajstić information content (AvgIpc) is 2.30. The molecule has 0 heterocycles. The second-order valence-electron chi connectivity index (χ2n) is 5.37. The highest BCUT2D eigenvalue weighted by molar-refractivity contribution is 5.33. The van der Waals surface area contributed by atoms with E-state index >= 15 is 0 Å². The molecule has 0 amide bonds. The van der Waals surface area contributed by atoms with Gasteiger partial charge in [0.15, 0.2) is 0 Å². The molecule has 0 bridgehead atoms. The van der Waals surface area contributed by atoms with Crippen molar-refractivity contribution in [3.05, 3.63) is 34.9 Å². The fourth-order valence-corrected chi connectivity index (χ4v) is 2.14. The molecular weight excluding hydrogens is 210 g/mol. The van der Waals surface area contributed by atoms with Gasteiger partial charge in [-0.05, 0) is 52.4 Å². The third-order valence-electron chi connectivity index (χ3n) is 4.06. The molecule has 96 valence electrons. The first-order chi connectivity index (χ1) is 7.82. The van der Waals surface area contributed by atoms with Crippen molar-refractivity contribution in [3.8, 4) is 0 Å². The molecule has 0 saturated heterocycles. The standard InChI is InChI=1S/C15H25NO/c1-7-15(4,16(5)6)14(17)13-10-11(2)8-9-12(13)3/h8-10,14,17H,7H2,1-6H3. The molecule has 1 aromatic rings. The highest BCUT2D eigenvalue weighted by Gasteiger charge is 2.35. The van der Waals surface area contributed by atoms with Crippen LogP contribution in [0.2, 0.25) is 0 Å². The fourth-order valence-electron chi connectivity index (χ4n) is 2.14. The highest BCUT2D eigenvalue weighted by atomic mass is 16.3. The average molecular weight is 235 g/mol. The summed E-state index contributed by atoms with van der Waals surface area (Å²) < 4.78 is 0. The van der Waals surface area contributed by atoms with Gasteiger partial charge in [-0.15, -0.1) is 0 Å². The van der Waals surface area contributed by atoms with E-state index in [9.17, 15) is 5.11 Å². The molecule has 1 rings (SSSR count). The minimum atomic E-state index is -0.456. The van der Waals surface area contributed by atoms with E-state index in [4.69, 9.17) is 0 Å². The zero-order valence-corrected chi connectivity index (χ0v) is 11.9. The van der Waals surface area contributed by atoms with E-state index in [-0.39, 0.29) is 5.54 Å². The first-order valence-corrected chi connectivity index (χ1v) is 6.25. The lowest BCUT2D eigenvalue weighted by atomic mass is 9.84. The van der Waals surface area contributed by atoms with Crippen LogP contribution in [0.25, 0.3) is 0 Å². The van der Waals surface area contributed by atoms with Crippen LogP contribution in [0.4, 0.5) is 0 Å². The third-order valence-corrected chi connectivity index (χ3v) is 4.06. The lowest BCUT2D eigenvalue weighted by Gasteiger charge is -2.40. The van der Waals surface area contributed by atoms with Gasteiger partial charge in [-0.1, -0.05) is 30.7 Å². The monoisotopic (exact) mass is 235 g/mol. The Morgan fingerprint density at radius 2 is 1.88 bits per heavy atom. The molecule has 0 saturated carbocycles. The Labute approximate surface area is 105 Å². The van der Waals surface area contributed by atoms with Crippen LogP contribution < -0.4 is 0 Å². The number of hydrogen-bond acceptors (Lipinski definition) is 2. The molecule has 0 aliphatic heterocycles. The second kappa shape index (κ2) is 5.19. The minimum absolute atomic E-state index is 0.224. The molecule has 1 N–H and O–H groups in total. The van der Waals surface area contributed by atoms with Crippen molar-refractivity contribution >= 4 is 0 Å². The Morgan fingerprint density at radius 3 is 2.35 bits per heavy atom. The summed E-state index contributed by atoms with van der Waals surface area (Å²) in [7, 11) is 4.05. The summed E-state index contributed by atoms with van der Waals surface area (Å²) in [6.45, 7) is 8.35. The topological polar surface area (TPSA) is 23.5 Å². The van der Waals surface area contributed by atoms with Crippen molar-refractivity contribution in [1.29, 1.82) is 0 Å². The van der Waals surface area contributed by atoms with Crippen LogP contribution in [0.5, 0.6) is 0 Å². The highest BCUT2D eigenvalue weighted by Crippen LogP contribution is 2.34. The summed E-state index contributed by atoms with van der Waals surface area (Å²) >= 11 is 0. The van der Waals surface area contributed by atoms with Gasteiger partial charge >= 0.3 is 0 Å². The molecule has 0 aromatic heterocycles. The Balaban J connectivity index is 3.18. The molecule has 0 aliphatic carbocycles. The van der Waals surface area contributed by atoms with Gasteiger partial charge in [0.25, 0.3) is 0 Å². The molecule has 0 radical (unpaired) electrons. The predicted octanol–water partition coefficient (Wildman–Crippen LogP) is 3.07. The Hall–Kier alpha value is -0.860. The molecule has 2 atom stereocenters. The van der Waals surface area contributed by atoms with Crippen LogP contribution in [-0.4, -0.2) is 29.6 Å². The van der Waals surface area contributed by atoms with Crippen LogP contribution >= 0.6 is 0 Å². The Bertz CT molecular complexity index is 387. The number of aliphatic hydroxyl groups excluding tert-OH is 1. The number of nitrogens with zero attached hydrogens (tertiary/aromatic N) is 1. The van der Waals surface area contributed by atoms with Gasteiger partial charge in [0.05, 0.1) is 6.10 Å². The number of aliphatic hydroxyl groups is 1. The van der Waals surface area contributed by atoms with Gasteiger partial charge in [-0.2, -0.15) is 0 Å². The third kappa shape index (κ3) is 2.70. The first-order valence-electron chi connectivity index (χ1n) is 6.25. The van der Waals surface area contributed by atoms with E-state index in [0.717, 1.165) is 17.5 Å². The molecule has 2 nitrogen and oxygen atoms in total. The summed E-state index contributed by atoms with van der Waals surface area (Å²) in [4.78, 5) is 2.11. The SMILES string of the molecule is CCC(C)(C(O)c1cc(C)ccc1C)N(C)C. The minimum Gasteiger partial charge on any atom is -0.386 e. The molecule has 1 aromatic carbocycles. The molecule has 2 unspecified atom stereocenters. The van der Waals surface area contributed by atoms with E-state index in [1.165, 1.54) is 5.56 Å². The van der Waals surface area contributed by atoms with Gasteiger partial charge in [0.2, 0.25) is 0 Å². The maximum Gasteiger partial charge on any atom is 0.0973 e. The van der Waals surface area contributed by atoms with Crippen molar-refractivity contribution in [3.63, 3.8) is 0 Å². The summed E-state index contributed by atoms with van der Waals surface area (Å²) in [6.07, 6.45) is 0.455. The quantitative estimate of drug-likeness (QED) is 0.867. The lowest BCUT2D eigenvalue weighted by molar-refractivity contribution is 0.000478. The van der Waals surface area contributed by atoms with Gasteiger partial charge in [0.1, 0.15) is 0 Å². The van der Waals surface area contributed by atoms with Crippen molar-refractivity contribution in [2.24, 2.45) is 0 Å². The van der Waals surface area contributed by atoms with Gasteiger partial charge in [0, 0.05) is 5.54 Å². The fraction of sp³-hybridized carbons (Fsp3) is 0.600. The number of aryl methyl sites for hydroxylation is 2. The van der Waals surface area contributed by atoms with Crippen molar-refractivity contribution in [1.82, 2.24) is 4.90 Å². The van der Waals surface area contributed by atoms with Gasteiger partial charge in [-0.3, -0.25) is 0 Å². The molecule has 0 fully saturated rings. The molecule has 2 heteroatoms. The zero-order valence-electron chi connectivity index (χ0n) is 11.9. The Kier molecular flexibility index (Phi) is 4.34. The van der Waals surface area contributed by atoms with E-state index in [1.54, 1.807) is 0 Å². The molecular formula is C15H25NO. The number of likely N-dealkylation sites (N-methyl/N-ethyl adjacent to an activating group) is 1. The number of benzene rings is 1. The van der Waals surface area contributed by atoms with Crippen LogP contribution in [0, 0.1) is 13.8 Å². The second-order valence-corrected chi connectivity index (χ2v) is 5.37. The van der Waals surface area contributed by atoms with E-state index in [1.807, 2.05) is 14.1 Å². The van der Waals surface area contributed by atoms with Crippen LogP contribution in [0.1, 0.15) is 43.1 Å². The Morgan fingerprint density at radius 1 is 1.29 bits per heavy atom. The van der Waals surface area contributed by atoms with Crippen molar-refractivity contribution in [2.75, 3.05) is 14.1 Å². The maximum absolute atomic E-state index is 10.7. The number of hydrogen-bond donors (Lipinski definition) is 1. The molecule has 0 aliphatic rings. The largest absolute Gasteiger partial charge is 0.386 e. The molecule has 0 spiro atoms. The maximum atomic E-state index is 10.7. The summed E-state index contributed by atoms with van der Waals surface area (Å²) in [5.41, 5.74) is 3.17. The molecule has 17 heavy (non-hydrogen) atoms. The van der Waals surface area contributed by atoms with Crippen LogP contribution in [0.15, 0.2) is 18.2 Å². The van der Waals surface area contributed by atoms with Crippen LogP contribution in [-0.2, 0) is 0 Å². The van der Waals surface area contributed by atoms with Crippen LogP contribution in [0.3, 0.4) is 0 Å². The summed E-state index contributed by atoms with van der Waals surface area (Å²) in [5.74, 6) is 0. The lowest BCUT2D eigenvalue weighted by Crippen LogP contribution is -2.46. The van der Waals surface area contributed by atoms with Crippen molar-refractivity contribution in [2.45, 2.75) is 45.8 Å². The summed E-state index contributed by atoms with van der Waals surface area (Å²) in [6, 6.07) is 6.27. The predicted molar refractivity (Wildman–Crippen MR) is 73.3 cm³/mol. The van der Waals surface area contributed by atoms with E-state index in [2.05, 4.69) is 50.8 Å². The summed E-state index contributed by atoms with van der Waals surface area (Å²) in [5, 5.41) is 10.7. The van der Waals surface area contributed by atoms with E-state index < -0.39 is 6.10 Å². The van der Waals surface area contributed by atoms with E-state index in [0.29, 0.717) is 0 Å². The van der Waals surface area contributed by atoms with Gasteiger partial charge in [-0.25, -0.2) is 0 Å². The number of rotatable bonds is 4. The smallest absolute Gasteiger partial charge is 0.0973 e.